The number of fused-ring (bicyclic) bond motifs is 2. The third-order valence-corrected chi connectivity index (χ3v) is 6.78. The topological polar surface area (TPSA) is 66.1 Å². The van der Waals surface area contributed by atoms with Crippen LogP contribution in [0.3, 0.4) is 0 Å². The summed E-state index contributed by atoms with van der Waals surface area (Å²) in [5, 5.41) is 3.20. The molecule has 2 aromatic carbocycles. The summed E-state index contributed by atoms with van der Waals surface area (Å²) >= 11 is 0. The molecule has 3 heterocycles. The van der Waals surface area contributed by atoms with Crippen molar-refractivity contribution in [2.24, 2.45) is 0 Å². The molecule has 0 bridgehead atoms. The fourth-order valence-corrected chi connectivity index (χ4v) is 4.75. The number of imidazole rings is 1. The van der Waals surface area contributed by atoms with Crippen LogP contribution >= 0.6 is 0 Å². The molecule has 0 atom stereocenters. The van der Waals surface area contributed by atoms with Gasteiger partial charge in [-0.05, 0) is 74.2 Å². The Morgan fingerprint density at radius 2 is 1.95 bits per heavy atom. The predicted molar refractivity (Wildman–Crippen MR) is 147 cm³/mol. The molecule has 0 radical (unpaired) electrons. The number of pyridine rings is 1. The van der Waals surface area contributed by atoms with Gasteiger partial charge in [-0.2, -0.15) is 4.98 Å². The second-order valence-corrected chi connectivity index (χ2v) is 9.45. The van der Waals surface area contributed by atoms with Crippen molar-refractivity contribution >= 4 is 17.1 Å². The fraction of sp³-hybridized carbons (Fsp3) is 0.267. The number of allylic oxidation sites excluding steroid dienone is 3. The summed E-state index contributed by atoms with van der Waals surface area (Å²) in [6.45, 7) is 13.3. The van der Waals surface area contributed by atoms with Gasteiger partial charge < -0.3 is 19.9 Å². The number of H-pyrrole nitrogens is 1. The highest BCUT2D eigenvalue weighted by Crippen LogP contribution is 2.32. The molecule has 0 saturated heterocycles. The smallest absolute Gasteiger partial charge is 0.202 e. The Bertz CT molecular complexity index is 1470. The maximum absolute atomic E-state index is 13.4. The number of nitrogens with zero attached hydrogens (tertiary/aromatic N) is 3. The van der Waals surface area contributed by atoms with Crippen molar-refractivity contribution in [1.82, 2.24) is 19.9 Å². The Morgan fingerprint density at radius 1 is 1.14 bits per heavy atom. The number of aromatic nitrogens is 3. The minimum atomic E-state index is -0.224. The first-order valence-corrected chi connectivity index (χ1v) is 12.6. The molecule has 1 aliphatic rings. The number of hydrogen-bond acceptors (Lipinski definition) is 5. The highest BCUT2D eigenvalue weighted by Gasteiger charge is 2.19. The van der Waals surface area contributed by atoms with Gasteiger partial charge in [-0.3, -0.25) is 0 Å². The third-order valence-electron chi connectivity index (χ3n) is 6.78. The van der Waals surface area contributed by atoms with E-state index in [0.29, 0.717) is 18.7 Å². The van der Waals surface area contributed by atoms with Crippen molar-refractivity contribution in [3.63, 3.8) is 0 Å². The van der Waals surface area contributed by atoms with Crippen LogP contribution in [0.15, 0.2) is 78.1 Å². The van der Waals surface area contributed by atoms with Crippen molar-refractivity contribution < 1.29 is 9.13 Å². The fourth-order valence-electron chi connectivity index (χ4n) is 4.75. The van der Waals surface area contributed by atoms with Gasteiger partial charge in [0.05, 0.1) is 12.1 Å². The van der Waals surface area contributed by atoms with E-state index in [9.17, 15) is 4.39 Å². The van der Waals surface area contributed by atoms with Crippen LogP contribution in [0.1, 0.15) is 31.9 Å². The molecule has 0 aliphatic carbocycles. The maximum atomic E-state index is 13.4. The van der Waals surface area contributed by atoms with E-state index in [1.807, 2.05) is 38.2 Å². The molecule has 0 saturated carbocycles. The summed E-state index contributed by atoms with van der Waals surface area (Å²) < 4.78 is 19.5. The zero-order chi connectivity index (χ0) is 25.9. The standard InChI is InChI=1S/C30H32FN5O/c1-5-32-30-34-27-16-23(17-33-29(27)35-30)22-8-11-28-24(15-22)18-36(12-13-37-28)20(4)26(19(2)3)14-21-6-9-25(31)10-7-21/h6-11,15-17H,2,5,12-14,18H2,1,3-4H3,(H2,32,33,34,35)/b26-20+. The summed E-state index contributed by atoms with van der Waals surface area (Å²) in [5.74, 6) is 1.40. The predicted octanol–water partition coefficient (Wildman–Crippen LogP) is 6.48. The van der Waals surface area contributed by atoms with E-state index < -0.39 is 0 Å². The molecule has 0 amide bonds. The van der Waals surface area contributed by atoms with Crippen molar-refractivity contribution in [3.05, 3.63) is 95.1 Å². The normalized spacial score (nSPS) is 14.0. The number of rotatable bonds is 7. The van der Waals surface area contributed by atoms with Gasteiger partial charge in [-0.1, -0.05) is 30.4 Å². The molecule has 5 rings (SSSR count). The van der Waals surface area contributed by atoms with Crippen LogP contribution in [0, 0.1) is 5.82 Å². The van der Waals surface area contributed by atoms with Crippen molar-refractivity contribution in [2.45, 2.75) is 33.7 Å². The summed E-state index contributed by atoms with van der Waals surface area (Å²) in [4.78, 5) is 14.7. The van der Waals surface area contributed by atoms with Crippen LogP contribution in [-0.4, -0.2) is 39.5 Å². The Labute approximate surface area is 216 Å². The van der Waals surface area contributed by atoms with Crippen LogP contribution in [-0.2, 0) is 13.0 Å². The quantitative estimate of drug-likeness (QED) is 0.286. The molecule has 190 valence electrons. The second kappa shape index (κ2) is 10.5. The molecule has 37 heavy (non-hydrogen) atoms. The molecule has 6 nitrogen and oxygen atoms in total. The number of nitrogens with one attached hydrogen (secondary N) is 2. The van der Waals surface area contributed by atoms with E-state index in [1.165, 1.54) is 12.1 Å². The molecule has 2 aromatic heterocycles. The molecule has 7 heteroatoms. The first-order valence-electron chi connectivity index (χ1n) is 12.6. The van der Waals surface area contributed by atoms with Gasteiger partial charge in [0.2, 0.25) is 5.95 Å². The first-order chi connectivity index (χ1) is 17.9. The lowest BCUT2D eigenvalue weighted by molar-refractivity contribution is 0.262. The molecule has 2 N–H and O–H groups in total. The lowest BCUT2D eigenvalue weighted by atomic mass is 9.97. The van der Waals surface area contributed by atoms with Gasteiger partial charge in [-0.25, -0.2) is 9.37 Å². The minimum Gasteiger partial charge on any atom is -0.491 e. The second-order valence-electron chi connectivity index (χ2n) is 9.45. The number of hydrogen-bond donors (Lipinski definition) is 2. The monoisotopic (exact) mass is 497 g/mol. The number of halogens is 1. The zero-order valence-electron chi connectivity index (χ0n) is 21.6. The molecular formula is C30H32FN5O. The minimum absolute atomic E-state index is 0.224. The van der Waals surface area contributed by atoms with E-state index in [4.69, 9.17) is 4.74 Å². The van der Waals surface area contributed by atoms with E-state index in [2.05, 4.69) is 56.9 Å². The van der Waals surface area contributed by atoms with Crippen LogP contribution in [0.4, 0.5) is 10.3 Å². The number of anilines is 1. The van der Waals surface area contributed by atoms with Crippen molar-refractivity contribution in [1.29, 1.82) is 0 Å². The summed E-state index contributed by atoms with van der Waals surface area (Å²) in [6, 6.07) is 15.1. The van der Waals surface area contributed by atoms with Gasteiger partial charge in [0.1, 0.15) is 18.2 Å². The molecule has 0 fully saturated rings. The van der Waals surface area contributed by atoms with Gasteiger partial charge in [0, 0.05) is 36.1 Å². The van der Waals surface area contributed by atoms with Crippen LogP contribution in [0.25, 0.3) is 22.3 Å². The summed E-state index contributed by atoms with van der Waals surface area (Å²) in [6.07, 6.45) is 2.57. The van der Waals surface area contributed by atoms with Gasteiger partial charge in [0.15, 0.2) is 5.65 Å². The highest BCUT2D eigenvalue weighted by molar-refractivity contribution is 5.80. The van der Waals surface area contributed by atoms with Gasteiger partial charge in [0.25, 0.3) is 0 Å². The van der Waals surface area contributed by atoms with E-state index in [-0.39, 0.29) is 5.82 Å². The van der Waals surface area contributed by atoms with Crippen molar-refractivity contribution in [2.75, 3.05) is 25.0 Å². The van der Waals surface area contributed by atoms with Gasteiger partial charge in [-0.15, -0.1) is 0 Å². The zero-order valence-corrected chi connectivity index (χ0v) is 21.6. The Hall–Kier alpha value is -4.13. The molecule has 0 spiro atoms. The number of aromatic amines is 1. The highest BCUT2D eigenvalue weighted by atomic mass is 19.1. The van der Waals surface area contributed by atoms with Crippen molar-refractivity contribution in [3.8, 4) is 16.9 Å². The molecule has 4 aromatic rings. The van der Waals surface area contributed by atoms with Crippen LogP contribution in [0.2, 0.25) is 0 Å². The van der Waals surface area contributed by atoms with E-state index in [1.54, 1.807) is 0 Å². The summed E-state index contributed by atoms with van der Waals surface area (Å²) in [5.41, 5.74) is 9.20. The van der Waals surface area contributed by atoms with Crippen LogP contribution < -0.4 is 10.1 Å². The lowest BCUT2D eigenvalue weighted by Crippen LogP contribution is -2.25. The van der Waals surface area contributed by atoms with E-state index in [0.717, 1.165) is 75.9 Å². The van der Waals surface area contributed by atoms with Gasteiger partial charge >= 0.3 is 0 Å². The Morgan fingerprint density at radius 3 is 2.70 bits per heavy atom. The first kappa shape index (κ1) is 24.6. The molecule has 0 unspecified atom stereocenters. The molecule has 1 aliphatic heterocycles. The Balaban J connectivity index is 1.44. The maximum Gasteiger partial charge on any atom is 0.202 e. The SMILES string of the molecule is C=C(C)/C(Cc1ccc(F)cc1)=C(\C)N1CCOc2ccc(-c3cnc4nc(NCC)[nH]c4c3)cc2C1. The van der Waals surface area contributed by atoms with E-state index >= 15 is 0 Å². The Kier molecular flexibility index (Phi) is 6.95. The average Bonchev–Trinajstić information content (AvgIpc) is 3.17. The lowest BCUT2D eigenvalue weighted by Gasteiger charge is -2.26. The number of ether oxygens (including phenoxy) is 1. The summed E-state index contributed by atoms with van der Waals surface area (Å²) in [7, 11) is 0. The largest absolute Gasteiger partial charge is 0.491 e. The third kappa shape index (κ3) is 5.35. The average molecular weight is 498 g/mol. The molecular weight excluding hydrogens is 465 g/mol. The number of benzene rings is 2. The van der Waals surface area contributed by atoms with Crippen LogP contribution in [0.5, 0.6) is 5.75 Å².